The van der Waals surface area contributed by atoms with E-state index in [0.717, 1.165) is 16.0 Å². The fourth-order valence-electron chi connectivity index (χ4n) is 1.74. The Hall–Kier alpha value is -1.69. The zero-order chi connectivity index (χ0) is 13.1. The first-order valence-electron chi connectivity index (χ1n) is 5.78. The molecule has 96 valence electrons. The molecule has 0 spiro atoms. The van der Waals surface area contributed by atoms with Gasteiger partial charge >= 0.3 is 0 Å². The summed E-state index contributed by atoms with van der Waals surface area (Å²) < 4.78 is 0. The van der Waals surface area contributed by atoms with Gasteiger partial charge in [0.15, 0.2) is 0 Å². The van der Waals surface area contributed by atoms with Gasteiger partial charge in [-0.05, 0) is 19.4 Å². The zero-order valence-corrected chi connectivity index (χ0v) is 11.5. The van der Waals surface area contributed by atoms with Gasteiger partial charge < -0.3 is 10.6 Å². The van der Waals surface area contributed by atoms with Gasteiger partial charge in [0.05, 0.1) is 5.39 Å². The summed E-state index contributed by atoms with van der Waals surface area (Å²) in [5.41, 5.74) is 1.21. The Kier molecular flexibility index (Phi) is 3.76. The van der Waals surface area contributed by atoms with E-state index in [-0.39, 0.29) is 5.91 Å². The van der Waals surface area contributed by atoms with Gasteiger partial charge in [-0.2, -0.15) is 0 Å². The SMILES string of the molecule is CNC(=O)CCNc1ncnc2sc(C)c(C)c12. The highest BCUT2D eigenvalue weighted by molar-refractivity contribution is 7.18. The van der Waals surface area contributed by atoms with Gasteiger partial charge in [-0.15, -0.1) is 11.3 Å². The molecular formula is C12H16N4OS. The Bertz CT molecular complexity index is 579. The maximum absolute atomic E-state index is 11.2. The smallest absolute Gasteiger partial charge is 0.221 e. The molecule has 2 aromatic rings. The molecule has 0 saturated heterocycles. The molecule has 0 radical (unpaired) electrons. The van der Waals surface area contributed by atoms with Crippen LogP contribution in [0.25, 0.3) is 10.2 Å². The highest BCUT2D eigenvalue weighted by Gasteiger charge is 2.11. The fourth-order valence-corrected chi connectivity index (χ4v) is 2.73. The minimum atomic E-state index is 0.0195. The molecule has 0 unspecified atom stereocenters. The Balaban J connectivity index is 2.20. The molecule has 18 heavy (non-hydrogen) atoms. The molecular weight excluding hydrogens is 248 g/mol. The molecule has 2 rings (SSSR count). The van der Waals surface area contributed by atoms with Crippen LogP contribution >= 0.6 is 11.3 Å². The van der Waals surface area contributed by atoms with E-state index in [9.17, 15) is 4.79 Å². The summed E-state index contributed by atoms with van der Waals surface area (Å²) in [5.74, 6) is 0.830. The number of hydrogen-bond donors (Lipinski definition) is 2. The number of aromatic nitrogens is 2. The first-order valence-corrected chi connectivity index (χ1v) is 6.60. The number of anilines is 1. The summed E-state index contributed by atoms with van der Waals surface area (Å²) >= 11 is 1.67. The van der Waals surface area contributed by atoms with Crippen LogP contribution in [0.3, 0.4) is 0 Å². The van der Waals surface area contributed by atoms with Crippen LogP contribution in [0.1, 0.15) is 16.9 Å². The van der Waals surface area contributed by atoms with Crippen LogP contribution in [0.4, 0.5) is 5.82 Å². The number of fused-ring (bicyclic) bond motifs is 1. The Morgan fingerprint density at radius 3 is 2.89 bits per heavy atom. The van der Waals surface area contributed by atoms with Crippen LogP contribution in [0.5, 0.6) is 0 Å². The highest BCUT2D eigenvalue weighted by atomic mass is 32.1. The molecule has 2 aromatic heterocycles. The third kappa shape index (κ3) is 2.43. The number of carbonyl (C=O) groups excluding carboxylic acids is 1. The van der Waals surface area contributed by atoms with Crippen molar-refractivity contribution in [2.45, 2.75) is 20.3 Å². The lowest BCUT2D eigenvalue weighted by molar-refractivity contribution is -0.120. The molecule has 0 aliphatic carbocycles. The van der Waals surface area contributed by atoms with Crippen molar-refractivity contribution in [2.24, 2.45) is 0 Å². The van der Waals surface area contributed by atoms with E-state index in [2.05, 4.69) is 34.4 Å². The monoisotopic (exact) mass is 264 g/mol. The van der Waals surface area contributed by atoms with Crippen molar-refractivity contribution in [3.05, 3.63) is 16.8 Å². The lowest BCUT2D eigenvalue weighted by atomic mass is 10.2. The van der Waals surface area contributed by atoms with Gasteiger partial charge in [-0.25, -0.2) is 9.97 Å². The zero-order valence-electron chi connectivity index (χ0n) is 10.7. The van der Waals surface area contributed by atoms with E-state index in [1.54, 1.807) is 24.7 Å². The molecule has 0 bridgehead atoms. The number of hydrogen-bond acceptors (Lipinski definition) is 5. The molecule has 0 atom stereocenters. The van der Waals surface area contributed by atoms with Crippen molar-refractivity contribution in [1.29, 1.82) is 0 Å². The molecule has 0 aliphatic heterocycles. The summed E-state index contributed by atoms with van der Waals surface area (Å²) in [4.78, 5) is 21.9. The van der Waals surface area contributed by atoms with E-state index in [1.165, 1.54) is 10.4 Å². The molecule has 2 N–H and O–H groups in total. The van der Waals surface area contributed by atoms with Crippen molar-refractivity contribution in [2.75, 3.05) is 18.9 Å². The molecule has 5 nitrogen and oxygen atoms in total. The Labute approximate surface area is 110 Å². The van der Waals surface area contributed by atoms with Crippen LogP contribution < -0.4 is 10.6 Å². The van der Waals surface area contributed by atoms with Crippen molar-refractivity contribution in [3.63, 3.8) is 0 Å². The number of carbonyl (C=O) groups is 1. The van der Waals surface area contributed by atoms with Crippen LogP contribution in [0, 0.1) is 13.8 Å². The first kappa shape index (κ1) is 12.8. The molecule has 2 heterocycles. The third-order valence-electron chi connectivity index (χ3n) is 2.89. The van der Waals surface area contributed by atoms with Gasteiger partial charge in [-0.3, -0.25) is 4.79 Å². The van der Waals surface area contributed by atoms with E-state index in [0.29, 0.717) is 13.0 Å². The Morgan fingerprint density at radius 1 is 1.39 bits per heavy atom. The second kappa shape index (κ2) is 5.30. The van der Waals surface area contributed by atoms with Crippen molar-refractivity contribution in [3.8, 4) is 0 Å². The first-order chi connectivity index (χ1) is 8.63. The van der Waals surface area contributed by atoms with E-state index >= 15 is 0 Å². The molecule has 0 aliphatic rings. The van der Waals surface area contributed by atoms with Gasteiger partial charge in [-0.1, -0.05) is 0 Å². The minimum Gasteiger partial charge on any atom is -0.369 e. The van der Waals surface area contributed by atoms with Gasteiger partial charge in [0.2, 0.25) is 5.91 Å². The molecule has 0 fully saturated rings. The second-order valence-corrected chi connectivity index (χ2v) is 5.24. The van der Waals surface area contributed by atoms with Crippen LogP contribution in [-0.4, -0.2) is 29.5 Å². The normalized spacial score (nSPS) is 10.6. The summed E-state index contributed by atoms with van der Waals surface area (Å²) in [6.07, 6.45) is 1.99. The van der Waals surface area contributed by atoms with Gasteiger partial charge in [0.1, 0.15) is 17.0 Å². The van der Waals surface area contributed by atoms with Crippen LogP contribution in [0.15, 0.2) is 6.33 Å². The highest BCUT2D eigenvalue weighted by Crippen LogP contribution is 2.32. The fraction of sp³-hybridized carbons (Fsp3) is 0.417. The topological polar surface area (TPSA) is 66.9 Å². The number of amides is 1. The lowest BCUT2D eigenvalue weighted by Gasteiger charge is -2.06. The maximum atomic E-state index is 11.2. The van der Waals surface area contributed by atoms with E-state index < -0.39 is 0 Å². The number of aryl methyl sites for hydroxylation is 2. The van der Waals surface area contributed by atoms with Crippen molar-refractivity contribution in [1.82, 2.24) is 15.3 Å². The van der Waals surface area contributed by atoms with Gasteiger partial charge in [0.25, 0.3) is 0 Å². The summed E-state index contributed by atoms with van der Waals surface area (Å²) in [5, 5.41) is 6.86. The van der Waals surface area contributed by atoms with E-state index in [4.69, 9.17) is 0 Å². The van der Waals surface area contributed by atoms with E-state index in [1.807, 2.05) is 0 Å². The summed E-state index contributed by atoms with van der Waals surface area (Å²) in [6, 6.07) is 0. The minimum absolute atomic E-state index is 0.0195. The molecule has 0 saturated carbocycles. The summed E-state index contributed by atoms with van der Waals surface area (Å²) in [7, 11) is 1.64. The lowest BCUT2D eigenvalue weighted by Crippen LogP contribution is -2.21. The van der Waals surface area contributed by atoms with Crippen LogP contribution in [0.2, 0.25) is 0 Å². The standard InChI is InChI=1S/C12H16N4OS/c1-7-8(2)18-12-10(7)11(15-6-16-12)14-5-4-9(17)13-3/h6H,4-5H2,1-3H3,(H,13,17)(H,14,15,16). The van der Waals surface area contributed by atoms with Gasteiger partial charge in [0, 0.05) is 24.9 Å². The number of nitrogens with zero attached hydrogens (tertiary/aromatic N) is 2. The third-order valence-corrected chi connectivity index (χ3v) is 4.00. The predicted molar refractivity (Wildman–Crippen MR) is 74.1 cm³/mol. The average molecular weight is 264 g/mol. The van der Waals surface area contributed by atoms with Crippen molar-refractivity contribution < 1.29 is 4.79 Å². The second-order valence-electron chi connectivity index (χ2n) is 4.04. The maximum Gasteiger partial charge on any atom is 0.221 e. The molecule has 6 heteroatoms. The molecule has 1 amide bonds. The average Bonchev–Trinajstić information content (AvgIpc) is 2.66. The quantitative estimate of drug-likeness (QED) is 0.884. The number of nitrogens with one attached hydrogen (secondary N) is 2. The Morgan fingerprint density at radius 2 is 2.17 bits per heavy atom. The largest absolute Gasteiger partial charge is 0.369 e. The molecule has 0 aromatic carbocycles. The van der Waals surface area contributed by atoms with Crippen molar-refractivity contribution >= 4 is 33.3 Å². The summed E-state index contributed by atoms with van der Waals surface area (Å²) in [6.45, 7) is 4.72. The predicted octanol–water partition coefficient (Wildman–Crippen LogP) is 1.86. The number of thiophene rings is 1. The number of rotatable bonds is 4. The van der Waals surface area contributed by atoms with Crippen LogP contribution in [-0.2, 0) is 4.79 Å².